The average Bonchev–Trinajstić information content (AvgIpc) is 2.29. The van der Waals surface area contributed by atoms with E-state index in [0.717, 1.165) is 24.8 Å². The van der Waals surface area contributed by atoms with Crippen LogP contribution in [0.15, 0.2) is 24.3 Å². The zero-order chi connectivity index (χ0) is 13.0. The Morgan fingerprint density at radius 3 is 2.50 bits per heavy atom. The molecule has 0 saturated carbocycles. The van der Waals surface area contributed by atoms with E-state index in [1.807, 2.05) is 12.1 Å². The number of hydrogen-bond donors (Lipinski definition) is 2. The minimum atomic E-state index is -0.955. The largest absolute Gasteiger partial charge is 0.480 e. The van der Waals surface area contributed by atoms with Crippen LogP contribution >= 0.6 is 8.15 Å². The van der Waals surface area contributed by atoms with Gasteiger partial charge in [0, 0.05) is 14.3 Å². The standard InChI is InChI=1S/C13H18NO3P/c14-12(13(15)16)9-11-3-1-10(2-4-11)5-7-18-8-6-17-18/h1-4,12H,5-9,14H2,(H,15,16). The molecule has 0 radical (unpaired) electrons. The summed E-state index contributed by atoms with van der Waals surface area (Å²) in [6.45, 7) is 0.928. The van der Waals surface area contributed by atoms with E-state index in [2.05, 4.69) is 12.1 Å². The molecule has 0 spiro atoms. The van der Waals surface area contributed by atoms with Gasteiger partial charge in [-0.25, -0.2) is 0 Å². The summed E-state index contributed by atoms with van der Waals surface area (Å²) in [7, 11) is -0.149. The number of carboxylic acid groups (broad SMARTS) is 1. The van der Waals surface area contributed by atoms with Crippen LogP contribution in [0.2, 0.25) is 0 Å². The fourth-order valence-corrected chi connectivity index (χ4v) is 3.13. The molecular formula is C13H18NO3P. The molecule has 4 nitrogen and oxygen atoms in total. The van der Waals surface area contributed by atoms with Gasteiger partial charge in [0.1, 0.15) is 6.04 Å². The molecule has 1 aromatic rings. The minimum Gasteiger partial charge on any atom is -0.480 e. The van der Waals surface area contributed by atoms with Gasteiger partial charge in [-0.3, -0.25) is 4.79 Å². The van der Waals surface area contributed by atoms with Gasteiger partial charge in [0.15, 0.2) is 0 Å². The average molecular weight is 267 g/mol. The van der Waals surface area contributed by atoms with Gasteiger partial charge in [-0.1, -0.05) is 24.3 Å². The van der Waals surface area contributed by atoms with Crippen molar-refractivity contribution < 1.29 is 14.4 Å². The Kier molecular flexibility index (Phi) is 4.70. The van der Waals surface area contributed by atoms with E-state index in [9.17, 15) is 4.79 Å². The molecule has 18 heavy (non-hydrogen) atoms. The van der Waals surface area contributed by atoms with Crippen LogP contribution in [-0.2, 0) is 22.2 Å². The molecule has 5 heteroatoms. The molecule has 3 N–H and O–H groups in total. The predicted molar refractivity (Wildman–Crippen MR) is 72.1 cm³/mol. The normalized spacial score (nSPS) is 20.2. The van der Waals surface area contributed by atoms with E-state index in [-0.39, 0.29) is 8.15 Å². The molecule has 1 saturated heterocycles. The molecule has 2 atom stereocenters. The van der Waals surface area contributed by atoms with E-state index < -0.39 is 12.0 Å². The van der Waals surface area contributed by atoms with Gasteiger partial charge in [0.25, 0.3) is 0 Å². The third-order valence-corrected chi connectivity index (χ3v) is 5.01. The lowest BCUT2D eigenvalue weighted by molar-refractivity contribution is -0.138. The quantitative estimate of drug-likeness (QED) is 0.768. The molecule has 1 heterocycles. The molecule has 1 aliphatic rings. The van der Waals surface area contributed by atoms with Gasteiger partial charge in [0.2, 0.25) is 0 Å². The number of nitrogens with two attached hydrogens (primary N) is 1. The van der Waals surface area contributed by atoms with Crippen LogP contribution < -0.4 is 5.73 Å². The van der Waals surface area contributed by atoms with Crippen LogP contribution in [0.3, 0.4) is 0 Å². The number of carbonyl (C=O) groups is 1. The lowest BCUT2D eigenvalue weighted by Gasteiger charge is -2.25. The van der Waals surface area contributed by atoms with Crippen molar-refractivity contribution in [3.63, 3.8) is 0 Å². The lowest BCUT2D eigenvalue weighted by Crippen LogP contribution is -2.32. The van der Waals surface area contributed by atoms with Crippen LogP contribution in [0.1, 0.15) is 11.1 Å². The molecule has 0 amide bonds. The maximum Gasteiger partial charge on any atom is 0.320 e. The maximum atomic E-state index is 10.7. The van der Waals surface area contributed by atoms with Crippen molar-refractivity contribution in [1.29, 1.82) is 0 Å². The molecule has 1 aliphatic heterocycles. The van der Waals surface area contributed by atoms with Crippen molar-refractivity contribution in [2.24, 2.45) is 5.73 Å². The number of aliphatic carboxylic acids is 1. The monoisotopic (exact) mass is 267 g/mol. The maximum absolute atomic E-state index is 10.7. The highest BCUT2D eigenvalue weighted by Gasteiger charge is 2.17. The van der Waals surface area contributed by atoms with Gasteiger partial charge >= 0.3 is 5.97 Å². The zero-order valence-corrected chi connectivity index (χ0v) is 11.1. The second-order valence-electron chi connectivity index (χ2n) is 4.48. The Morgan fingerprint density at radius 1 is 1.39 bits per heavy atom. The molecule has 0 bridgehead atoms. The molecule has 1 aromatic carbocycles. The molecule has 2 rings (SSSR count). The van der Waals surface area contributed by atoms with Crippen molar-refractivity contribution in [3.8, 4) is 0 Å². The SMILES string of the molecule is NC(Cc1ccc(CCP2CCO2)cc1)C(=O)O. The summed E-state index contributed by atoms with van der Waals surface area (Å²) in [6.07, 6.45) is 3.78. The van der Waals surface area contributed by atoms with Crippen molar-refractivity contribution >= 4 is 14.1 Å². The summed E-state index contributed by atoms with van der Waals surface area (Å²) in [6, 6.07) is 7.22. The van der Waals surface area contributed by atoms with Crippen LogP contribution in [0.4, 0.5) is 0 Å². The van der Waals surface area contributed by atoms with Crippen molar-refractivity contribution in [3.05, 3.63) is 35.4 Å². The summed E-state index contributed by atoms with van der Waals surface area (Å²) >= 11 is 0. The van der Waals surface area contributed by atoms with Gasteiger partial charge in [-0.15, -0.1) is 0 Å². The number of carboxylic acids is 1. The summed E-state index contributed by atoms with van der Waals surface area (Å²) in [5.74, 6) is -0.955. The molecular weight excluding hydrogens is 249 g/mol. The fourth-order valence-electron chi connectivity index (χ4n) is 1.83. The van der Waals surface area contributed by atoms with Crippen molar-refractivity contribution in [1.82, 2.24) is 0 Å². The Morgan fingerprint density at radius 2 is 2.00 bits per heavy atom. The van der Waals surface area contributed by atoms with Crippen LogP contribution in [0.25, 0.3) is 0 Å². The van der Waals surface area contributed by atoms with E-state index in [0.29, 0.717) is 6.42 Å². The Bertz CT molecular complexity index is 403. The fraction of sp³-hybridized carbons (Fsp3) is 0.462. The number of benzene rings is 1. The number of rotatable bonds is 6. The molecule has 1 fully saturated rings. The van der Waals surface area contributed by atoms with Crippen molar-refractivity contribution in [2.75, 3.05) is 18.9 Å². The first-order chi connectivity index (χ1) is 8.65. The molecule has 98 valence electrons. The third-order valence-electron chi connectivity index (χ3n) is 3.06. The number of hydrogen-bond acceptors (Lipinski definition) is 3. The van der Waals surface area contributed by atoms with E-state index in [1.165, 1.54) is 11.7 Å². The zero-order valence-electron chi connectivity index (χ0n) is 10.2. The van der Waals surface area contributed by atoms with Crippen LogP contribution in [-0.4, -0.2) is 36.0 Å². The first-order valence-electron chi connectivity index (χ1n) is 6.09. The summed E-state index contributed by atoms with van der Waals surface area (Å²) in [5, 5.41) is 8.74. The van der Waals surface area contributed by atoms with E-state index in [4.69, 9.17) is 15.4 Å². The summed E-state index contributed by atoms with van der Waals surface area (Å²) in [4.78, 5) is 10.7. The third kappa shape index (κ3) is 3.77. The first kappa shape index (κ1) is 13.5. The summed E-state index contributed by atoms with van der Waals surface area (Å²) in [5.41, 5.74) is 7.75. The Labute approximate surface area is 108 Å². The highest BCUT2D eigenvalue weighted by Crippen LogP contribution is 2.44. The predicted octanol–water partition coefficient (Wildman–Crippen LogP) is 1.61. The molecule has 2 unspecified atom stereocenters. The molecule has 0 aromatic heterocycles. The molecule has 0 aliphatic carbocycles. The van der Waals surface area contributed by atoms with E-state index >= 15 is 0 Å². The Hall–Kier alpha value is -0.960. The highest BCUT2D eigenvalue weighted by molar-refractivity contribution is 7.53. The first-order valence-corrected chi connectivity index (χ1v) is 7.72. The van der Waals surface area contributed by atoms with Gasteiger partial charge in [-0.2, -0.15) is 0 Å². The summed E-state index contributed by atoms with van der Waals surface area (Å²) < 4.78 is 5.44. The second-order valence-corrected chi connectivity index (χ2v) is 6.59. The van der Waals surface area contributed by atoms with E-state index in [1.54, 1.807) is 0 Å². The van der Waals surface area contributed by atoms with Crippen LogP contribution in [0, 0.1) is 0 Å². The highest BCUT2D eigenvalue weighted by atomic mass is 31.1. The minimum absolute atomic E-state index is 0.149. The van der Waals surface area contributed by atoms with Crippen molar-refractivity contribution in [2.45, 2.75) is 18.9 Å². The topological polar surface area (TPSA) is 72.5 Å². The van der Waals surface area contributed by atoms with Gasteiger partial charge < -0.3 is 15.4 Å². The van der Waals surface area contributed by atoms with Gasteiger partial charge in [0.05, 0.1) is 6.61 Å². The second kappa shape index (κ2) is 6.28. The van der Waals surface area contributed by atoms with Crippen LogP contribution in [0.5, 0.6) is 0 Å². The lowest BCUT2D eigenvalue weighted by atomic mass is 10.0. The van der Waals surface area contributed by atoms with Gasteiger partial charge in [-0.05, 0) is 30.1 Å². The smallest absolute Gasteiger partial charge is 0.320 e. The Balaban J connectivity index is 1.82. The number of aryl methyl sites for hydroxylation is 1.